The van der Waals surface area contributed by atoms with Crippen molar-refractivity contribution in [3.8, 4) is 0 Å². The molecule has 4 amide bonds. The van der Waals surface area contributed by atoms with Crippen molar-refractivity contribution in [1.29, 1.82) is 0 Å². The van der Waals surface area contributed by atoms with Gasteiger partial charge in [-0.1, -0.05) is 12.2 Å². The van der Waals surface area contributed by atoms with Gasteiger partial charge in [-0.3, -0.25) is 29.0 Å². The summed E-state index contributed by atoms with van der Waals surface area (Å²) in [6, 6.07) is 0. The normalized spacial score (nSPS) is 42.5. The number of carbonyl (C=O) groups excluding carboxylic acids is 4. The minimum absolute atomic E-state index is 0.488. The minimum atomic E-state index is -0.703. The second-order valence-electron chi connectivity index (χ2n) is 6.13. The van der Waals surface area contributed by atoms with Crippen LogP contribution in [0.4, 0.5) is 0 Å². The van der Waals surface area contributed by atoms with E-state index >= 15 is 0 Å². The van der Waals surface area contributed by atoms with Crippen molar-refractivity contribution < 1.29 is 29.4 Å². The Kier molecular flexibility index (Phi) is 2.62. The first kappa shape index (κ1) is 13.6. The maximum absolute atomic E-state index is 12.4. The molecule has 5 rings (SSSR count). The number of aliphatic hydroxyl groups is 2. The standard InChI is InChI=1S/C14H14N2O6/c17-3-15-11(19)7-5-1-2-6(9(7)13(15)21)10-8(5)12(20)16(4-18)14(10)22/h1-2,5-10,17-18H,3-4H2/t5?,6?,7-,8+,9+,10-. The van der Waals surface area contributed by atoms with Crippen LogP contribution in [0.25, 0.3) is 0 Å². The highest BCUT2D eigenvalue weighted by Crippen LogP contribution is 2.57. The summed E-state index contributed by atoms with van der Waals surface area (Å²) < 4.78 is 0. The molecule has 3 aliphatic carbocycles. The SMILES string of the molecule is O=C1[C@@H]2C3C=CC([C@H]4C(=O)N(CO)C(=O)[C@@H]34)[C@@H]2C(=O)N1CO. The molecule has 22 heavy (non-hydrogen) atoms. The van der Waals surface area contributed by atoms with Gasteiger partial charge in [-0.2, -0.15) is 0 Å². The van der Waals surface area contributed by atoms with Crippen molar-refractivity contribution in [2.45, 2.75) is 0 Å². The molecule has 2 bridgehead atoms. The van der Waals surface area contributed by atoms with Crippen LogP contribution in [0.15, 0.2) is 12.2 Å². The lowest BCUT2D eigenvalue weighted by atomic mass is 9.54. The van der Waals surface area contributed by atoms with Crippen LogP contribution < -0.4 is 0 Å². The van der Waals surface area contributed by atoms with Crippen LogP contribution in [-0.2, 0) is 19.2 Å². The van der Waals surface area contributed by atoms with E-state index in [2.05, 4.69) is 0 Å². The fourth-order valence-corrected chi connectivity index (χ4v) is 4.63. The molecule has 116 valence electrons. The summed E-state index contributed by atoms with van der Waals surface area (Å²) in [6.07, 6.45) is 3.45. The number of amides is 4. The molecule has 1 saturated carbocycles. The van der Waals surface area contributed by atoms with E-state index < -0.39 is 72.6 Å². The summed E-state index contributed by atoms with van der Waals surface area (Å²) in [4.78, 5) is 51.0. The van der Waals surface area contributed by atoms with E-state index in [9.17, 15) is 29.4 Å². The van der Waals surface area contributed by atoms with Crippen molar-refractivity contribution in [3.05, 3.63) is 12.2 Å². The highest BCUT2D eigenvalue weighted by atomic mass is 16.3. The molecule has 2 saturated heterocycles. The number of rotatable bonds is 2. The molecule has 0 aromatic rings. The molecule has 2 heterocycles. The lowest BCUT2D eigenvalue weighted by Crippen LogP contribution is -2.50. The van der Waals surface area contributed by atoms with E-state index in [-0.39, 0.29) is 0 Å². The summed E-state index contributed by atoms with van der Waals surface area (Å²) >= 11 is 0. The van der Waals surface area contributed by atoms with Gasteiger partial charge in [-0.05, 0) is 0 Å². The molecular weight excluding hydrogens is 292 g/mol. The Labute approximate surface area is 125 Å². The number of nitrogens with zero attached hydrogens (tertiary/aromatic N) is 2. The topological polar surface area (TPSA) is 115 Å². The predicted molar refractivity (Wildman–Crippen MR) is 68.0 cm³/mol. The van der Waals surface area contributed by atoms with E-state index in [4.69, 9.17) is 0 Å². The summed E-state index contributed by atoms with van der Waals surface area (Å²) in [5, 5.41) is 18.4. The van der Waals surface area contributed by atoms with Crippen LogP contribution in [0, 0.1) is 35.5 Å². The number of imide groups is 2. The highest BCUT2D eigenvalue weighted by molar-refractivity contribution is 6.10. The third kappa shape index (κ3) is 1.30. The van der Waals surface area contributed by atoms with Crippen LogP contribution in [0.5, 0.6) is 0 Å². The summed E-state index contributed by atoms with van der Waals surface area (Å²) in [5.74, 6) is -5.84. The fraction of sp³-hybridized carbons (Fsp3) is 0.571. The van der Waals surface area contributed by atoms with E-state index in [1.54, 1.807) is 12.2 Å². The van der Waals surface area contributed by atoms with E-state index in [0.29, 0.717) is 0 Å². The van der Waals surface area contributed by atoms with Gasteiger partial charge in [0.15, 0.2) is 0 Å². The van der Waals surface area contributed by atoms with Crippen molar-refractivity contribution >= 4 is 23.6 Å². The molecule has 0 aromatic carbocycles. The van der Waals surface area contributed by atoms with Crippen molar-refractivity contribution in [3.63, 3.8) is 0 Å². The number of likely N-dealkylation sites (tertiary alicyclic amines) is 2. The predicted octanol–water partition coefficient (Wildman–Crippen LogP) is -2.10. The molecule has 8 heteroatoms. The zero-order chi connectivity index (χ0) is 15.8. The van der Waals surface area contributed by atoms with Crippen LogP contribution in [0.2, 0.25) is 0 Å². The van der Waals surface area contributed by atoms with Crippen LogP contribution in [0.1, 0.15) is 0 Å². The fourth-order valence-electron chi connectivity index (χ4n) is 4.63. The van der Waals surface area contributed by atoms with E-state index in [0.717, 1.165) is 9.80 Å². The quantitative estimate of drug-likeness (QED) is 0.446. The van der Waals surface area contributed by atoms with E-state index in [1.165, 1.54) is 0 Å². The molecule has 2 N–H and O–H groups in total. The van der Waals surface area contributed by atoms with Gasteiger partial charge in [-0.25, -0.2) is 0 Å². The highest BCUT2D eigenvalue weighted by Gasteiger charge is 2.68. The molecule has 5 aliphatic rings. The van der Waals surface area contributed by atoms with Gasteiger partial charge >= 0.3 is 0 Å². The maximum Gasteiger partial charge on any atom is 0.235 e. The van der Waals surface area contributed by atoms with E-state index in [1.807, 2.05) is 0 Å². The van der Waals surface area contributed by atoms with Crippen molar-refractivity contribution in [2.24, 2.45) is 35.5 Å². The van der Waals surface area contributed by atoms with Crippen LogP contribution in [-0.4, -0.2) is 57.1 Å². The molecule has 6 atom stereocenters. The minimum Gasteiger partial charge on any atom is -0.376 e. The molecule has 0 spiro atoms. The first-order valence-corrected chi connectivity index (χ1v) is 7.13. The third-order valence-corrected chi connectivity index (χ3v) is 5.48. The Morgan fingerprint density at radius 1 is 0.682 bits per heavy atom. The van der Waals surface area contributed by atoms with Gasteiger partial charge in [0, 0.05) is 11.8 Å². The zero-order valence-electron chi connectivity index (χ0n) is 11.5. The Bertz CT molecular complexity index is 545. The number of hydrogen-bond acceptors (Lipinski definition) is 6. The number of allylic oxidation sites excluding steroid dienone is 2. The summed E-state index contributed by atoms with van der Waals surface area (Å²) in [5.41, 5.74) is 0. The number of carbonyl (C=O) groups is 4. The lowest BCUT2D eigenvalue weighted by molar-refractivity contribution is -0.144. The molecule has 2 aliphatic heterocycles. The summed E-state index contributed by atoms with van der Waals surface area (Å²) in [6.45, 7) is -1.38. The average molecular weight is 306 g/mol. The monoisotopic (exact) mass is 306 g/mol. The van der Waals surface area contributed by atoms with Crippen molar-refractivity contribution in [2.75, 3.05) is 13.5 Å². The molecular formula is C14H14N2O6. The smallest absolute Gasteiger partial charge is 0.235 e. The Morgan fingerprint density at radius 2 is 0.955 bits per heavy atom. The van der Waals surface area contributed by atoms with Crippen LogP contribution in [0.3, 0.4) is 0 Å². The number of aliphatic hydroxyl groups excluding tert-OH is 2. The van der Waals surface area contributed by atoms with Gasteiger partial charge in [0.05, 0.1) is 23.7 Å². The lowest BCUT2D eigenvalue weighted by Gasteiger charge is -2.44. The Hall–Kier alpha value is -2.06. The molecule has 3 fully saturated rings. The largest absolute Gasteiger partial charge is 0.376 e. The van der Waals surface area contributed by atoms with Gasteiger partial charge in [0.25, 0.3) is 0 Å². The third-order valence-electron chi connectivity index (χ3n) is 5.48. The zero-order valence-corrected chi connectivity index (χ0v) is 11.5. The van der Waals surface area contributed by atoms with Gasteiger partial charge in [0.2, 0.25) is 23.6 Å². The van der Waals surface area contributed by atoms with Gasteiger partial charge in [0.1, 0.15) is 13.5 Å². The second kappa shape index (κ2) is 4.23. The molecule has 0 aromatic heterocycles. The summed E-state index contributed by atoms with van der Waals surface area (Å²) in [7, 11) is 0. The number of hydrogen-bond donors (Lipinski definition) is 2. The average Bonchev–Trinajstić information content (AvgIpc) is 2.94. The maximum atomic E-state index is 12.4. The van der Waals surface area contributed by atoms with Crippen molar-refractivity contribution in [1.82, 2.24) is 9.80 Å². The molecule has 8 nitrogen and oxygen atoms in total. The van der Waals surface area contributed by atoms with Crippen LogP contribution >= 0.6 is 0 Å². The van der Waals surface area contributed by atoms with Gasteiger partial charge < -0.3 is 10.2 Å². The Morgan fingerprint density at radius 3 is 1.18 bits per heavy atom. The molecule has 0 radical (unpaired) electrons. The Balaban J connectivity index is 1.81. The molecule has 2 unspecified atom stereocenters. The van der Waals surface area contributed by atoms with Gasteiger partial charge in [-0.15, -0.1) is 0 Å². The second-order valence-corrected chi connectivity index (χ2v) is 6.13. The first-order valence-electron chi connectivity index (χ1n) is 7.13. The first-order chi connectivity index (χ1) is 10.5.